The van der Waals surface area contributed by atoms with Gasteiger partial charge >= 0.3 is 28.0 Å². The van der Waals surface area contributed by atoms with Crippen molar-refractivity contribution in [3.05, 3.63) is 0 Å². The Morgan fingerprint density at radius 2 is 1.60 bits per heavy atom. The van der Waals surface area contributed by atoms with Crippen molar-refractivity contribution in [2.45, 2.75) is 0 Å². The van der Waals surface area contributed by atoms with Gasteiger partial charge in [-0.3, -0.25) is 0 Å². The van der Waals surface area contributed by atoms with E-state index in [9.17, 15) is 0 Å². The molecule has 0 bridgehead atoms. The van der Waals surface area contributed by atoms with Gasteiger partial charge in [0.25, 0.3) is 0 Å². The molecular formula is CHCoFeORu. The van der Waals surface area contributed by atoms with Crippen LogP contribution in [-0.2, 0) is 56.9 Å². The fourth-order valence-electron chi connectivity index (χ4n) is 0. The van der Waals surface area contributed by atoms with Crippen molar-refractivity contribution in [3.63, 3.8) is 0 Å². The van der Waals surface area contributed by atoms with Gasteiger partial charge < -0.3 is 0 Å². The zero-order valence-corrected chi connectivity index (χ0v) is 5.91. The molecule has 0 aliphatic rings. The first-order chi connectivity index (χ1) is 1.41. The number of carbonyl (C=O) groups is 1. The second kappa shape index (κ2) is 18.4. The minimum Gasteiger partial charge on any atom is 0 e. The summed E-state index contributed by atoms with van der Waals surface area (Å²) in [6.07, 6.45) is 0. The van der Waals surface area contributed by atoms with Crippen LogP contribution in [0.15, 0.2) is 0 Å². The molecule has 1 nitrogen and oxygen atoms in total. The summed E-state index contributed by atoms with van der Waals surface area (Å²) in [6.45, 7) is 0. The number of carbonyl (C=O) groups excluding carboxylic acids is 1. The van der Waals surface area contributed by atoms with Crippen molar-refractivity contribution in [2.75, 3.05) is 0 Å². The first-order valence-corrected chi connectivity index (χ1v) is 1.44. The molecule has 0 aromatic heterocycles. The Kier molecular flexibility index (Phi) is 59.9. The minimum atomic E-state index is 0. The van der Waals surface area contributed by atoms with Crippen LogP contribution in [0.1, 0.15) is 0 Å². The zero-order chi connectivity index (χ0) is 2.71. The molecule has 0 aliphatic carbocycles. The molecule has 0 rings (SSSR count). The van der Waals surface area contributed by atoms with Crippen molar-refractivity contribution in [2.24, 2.45) is 0 Å². The van der Waals surface area contributed by atoms with E-state index in [0.29, 0.717) is 4.88 Å². The SMILES string of the molecule is O=[CH][Ru].[Co].[Fe]. The van der Waals surface area contributed by atoms with Crippen LogP contribution in [0.4, 0.5) is 0 Å². The molecule has 0 atom stereocenters. The van der Waals surface area contributed by atoms with Crippen LogP contribution >= 0.6 is 0 Å². The predicted octanol–water partition coefficient (Wildman–Crippen LogP) is -0.282. The summed E-state index contributed by atoms with van der Waals surface area (Å²) in [4.78, 5) is 9.45. The maximum Gasteiger partial charge on any atom is 0 e. The Balaban J connectivity index is -0.0000000200. The Morgan fingerprint density at radius 1 is 1.60 bits per heavy atom. The zero-order valence-electron chi connectivity index (χ0n) is 2.03. The van der Waals surface area contributed by atoms with E-state index < -0.39 is 0 Å². The largest absolute Gasteiger partial charge is 0 e. The maximum absolute atomic E-state index is 8.77. The fraction of sp³-hybridized carbons (Fsp3) is 0. The number of rotatable bonds is 0. The molecule has 0 fully saturated rings. The van der Waals surface area contributed by atoms with Crippen LogP contribution in [-0.4, -0.2) is 4.88 Å². The van der Waals surface area contributed by atoms with Gasteiger partial charge in [-0.1, -0.05) is 0 Å². The van der Waals surface area contributed by atoms with Crippen molar-refractivity contribution in [1.29, 1.82) is 0 Å². The average molecular weight is 245 g/mol. The summed E-state index contributed by atoms with van der Waals surface area (Å²) < 4.78 is 0. The molecule has 0 aliphatic heterocycles. The molecule has 0 N–H and O–H groups in total. The van der Waals surface area contributed by atoms with Crippen LogP contribution < -0.4 is 0 Å². The average Bonchev–Trinajstić information content (AvgIpc) is 0.918. The summed E-state index contributed by atoms with van der Waals surface area (Å²) >= 11 is 1.83. The Morgan fingerprint density at radius 3 is 1.60 bits per heavy atom. The van der Waals surface area contributed by atoms with Crippen LogP contribution in [0.2, 0.25) is 0 Å². The monoisotopic (exact) mass is 246 g/mol. The van der Waals surface area contributed by atoms with Crippen molar-refractivity contribution >= 4 is 4.88 Å². The first-order valence-electron chi connectivity index (χ1n) is 0.440. The van der Waals surface area contributed by atoms with E-state index in [4.69, 9.17) is 4.79 Å². The molecule has 4 heteroatoms. The third-order valence-corrected chi connectivity index (χ3v) is 0. The van der Waals surface area contributed by atoms with Crippen LogP contribution in [0.25, 0.3) is 0 Å². The van der Waals surface area contributed by atoms with Gasteiger partial charge in [0.2, 0.25) is 0 Å². The summed E-state index contributed by atoms with van der Waals surface area (Å²) in [5.41, 5.74) is 0. The molecule has 0 heterocycles. The molecular weight excluding hydrogens is 244 g/mol. The van der Waals surface area contributed by atoms with Gasteiger partial charge in [-0.05, 0) is 0 Å². The Hall–Kier alpha value is 1.32. The predicted molar refractivity (Wildman–Crippen MR) is 6.75 cm³/mol. The molecule has 0 spiro atoms. The number of hydrogen-bond donors (Lipinski definition) is 0. The summed E-state index contributed by atoms with van der Waals surface area (Å²) in [6, 6.07) is 0. The molecule has 5 heavy (non-hydrogen) atoms. The van der Waals surface area contributed by atoms with Crippen molar-refractivity contribution in [3.8, 4) is 0 Å². The molecule has 36 valence electrons. The van der Waals surface area contributed by atoms with Gasteiger partial charge in [0.05, 0.1) is 0 Å². The van der Waals surface area contributed by atoms with E-state index >= 15 is 0 Å². The van der Waals surface area contributed by atoms with E-state index in [1.165, 1.54) is 0 Å². The first kappa shape index (κ1) is 16.2. The standard InChI is InChI=1S/CHO.Co.Fe.Ru/c1-2;;;/h1H;;;. The summed E-state index contributed by atoms with van der Waals surface area (Å²) in [5.74, 6) is 0. The van der Waals surface area contributed by atoms with Gasteiger partial charge in [-0.2, -0.15) is 0 Å². The topological polar surface area (TPSA) is 17.1 Å². The molecule has 0 aromatic carbocycles. The van der Waals surface area contributed by atoms with Gasteiger partial charge in [0, 0.05) is 33.8 Å². The van der Waals surface area contributed by atoms with Gasteiger partial charge in [-0.15, -0.1) is 0 Å². The fourth-order valence-corrected chi connectivity index (χ4v) is 0. The third kappa shape index (κ3) is 33.7. The number of hydrogen-bond acceptors (Lipinski definition) is 1. The molecule has 0 amide bonds. The normalized spacial score (nSPS) is 2.60. The molecule has 1 radical (unpaired) electrons. The third-order valence-electron chi connectivity index (χ3n) is 0. The van der Waals surface area contributed by atoms with E-state index in [2.05, 4.69) is 0 Å². The van der Waals surface area contributed by atoms with Crippen molar-refractivity contribution < 1.29 is 56.9 Å². The van der Waals surface area contributed by atoms with Crippen molar-refractivity contribution in [1.82, 2.24) is 0 Å². The van der Waals surface area contributed by atoms with E-state index in [0.717, 1.165) is 0 Å². The van der Waals surface area contributed by atoms with Gasteiger partial charge in [-0.25, -0.2) is 0 Å². The Labute approximate surface area is 61.6 Å². The quantitative estimate of drug-likeness (QED) is 0.423. The summed E-state index contributed by atoms with van der Waals surface area (Å²) in [5, 5.41) is 0. The van der Waals surface area contributed by atoms with E-state index in [1.54, 1.807) is 0 Å². The molecule has 0 saturated heterocycles. The molecule has 0 saturated carbocycles. The maximum atomic E-state index is 8.77. The molecule has 0 unspecified atom stereocenters. The second-order valence-electron chi connectivity index (χ2n) is 0.0833. The van der Waals surface area contributed by atoms with Crippen LogP contribution in [0.5, 0.6) is 0 Å². The van der Waals surface area contributed by atoms with Crippen LogP contribution in [0, 0.1) is 0 Å². The van der Waals surface area contributed by atoms with Crippen LogP contribution in [0.3, 0.4) is 0 Å². The van der Waals surface area contributed by atoms with E-state index in [-0.39, 0.29) is 33.8 Å². The Bertz CT molecular complexity index is 19.1. The minimum absolute atomic E-state index is 0. The summed E-state index contributed by atoms with van der Waals surface area (Å²) in [7, 11) is 0. The van der Waals surface area contributed by atoms with Gasteiger partial charge in [0.1, 0.15) is 0 Å². The second-order valence-corrected chi connectivity index (χ2v) is 0.493. The molecule has 0 aromatic rings. The smallest absolute Gasteiger partial charge is 0 e. The van der Waals surface area contributed by atoms with E-state index in [1.807, 2.05) is 18.3 Å². The van der Waals surface area contributed by atoms with Gasteiger partial charge in [0.15, 0.2) is 0 Å².